The van der Waals surface area contributed by atoms with Crippen LogP contribution in [0.25, 0.3) is 0 Å². The molecule has 0 spiro atoms. The lowest BCUT2D eigenvalue weighted by atomic mass is 10.1. The van der Waals surface area contributed by atoms with Gasteiger partial charge >= 0.3 is 0 Å². The lowest BCUT2D eigenvalue weighted by Gasteiger charge is -2.23. The number of anilines is 2. The van der Waals surface area contributed by atoms with Gasteiger partial charge in [-0.25, -0.2) is 4.39 Å². The largest absolute Gasteiger partial charge is 0.324 e. The highest BCUT2D eigenvalue weighted by molar-refractivity contribution is 6.31. The summed E-state index contributed by atoms with van der Waals surface area (Å²) in [7, 11) is 0. The third-order valence-electron chi connectivity index (χ3n) is 3.55. The van der Waals surface area contributed by atoms with Gasteiger partial charge < -0.3 is 10.2 Å². The molecule has 0 saturated heterocycles. The first kappa shape index (κ1) is 17.9. The Labute approximate surface area is 145 Å². The highest BCUT2D eigenvalue weighted by Gasteiger charge is 2.16. The molecular formula is C18H18ClFN2O2. The maximum absolute atomic E-state index is 13.5. The van der Waals surface area contributed by atoms with E-state index in [4.69, 9.17) is 11.6 Å². The van der Waals surface area contributed by atoms with Crippen molar-refractivity contribution in [1.29, 1.82) is 0 Å². The first-order valence-electron chi connectivity index (χ1n) is 7.47. The molecule has 0 aliphatic heterocycles. The van der Waals surface area contributed by atoms with E-state index < -0.39 is 5.82 Å². The van der Waals surface area contributed by atoms with Crippen LogP contribution in [-0.4, -0.2) is 18.4 Å². The number of amides is 2. The van der Waals surface area contributed by atoms with Crippen molar-refractivity contribution in [3.8, 4) is 0 Å². The molecule has 0 unspecified atom stereocenters. The van der Waals surface area contributed by atoms with Crippen LogP contribution in [0.15, 0.2) is 42.5 Å². The van der Waals surface area contributed by atoms with Gasteiger partial charge in [-0.1, -0.05) is 29.8 Å². The summed E-state index contributed by atoms with van der Waals surface area (Å²) >= 11 is 5.99. The Morgan fingerprint density at radius 2 is 1.92 bits per heavy atom. The topological polar surface area (TPSA) is 49.4 Å². The third kappa shape index (κ3) is 4.55. The number of carbonyl (C=O) groups is 2. The molecule has 2 amide bonds. The molecule has 126 valence electrons. The zero-order valence-corrected chi connectivity index (χ0v) is 14.2. The van der Waals surface area contributed by atoms with Gasteiger partial charge in [0.15, 0.2) is 0 Å². The molecule has 0 fully saturated rings. The molecule has 0 heterocycles. The maximum atomic E-state index is 13.5. The van der Waals surface area contributed by atoms with Crippen LogP contribution < -0.4 is 10.2 Å². The van der Waals surface area contributed by atoms with Crippen molar-refractivity contribution in [3.63, 3.8) is 0 Å². The summed E-state index contributed by atoms with van der Waals surface area (Å²) < 4.78 is 13.5. The minimum absolute atomic E-state index is 0.0415. The number of nitrogens with one attached hydrogen (secondary N) is 1. The number of carbonyl (C=O) groups excluding carboxylic acids is 2. The summed E-state index contributed by atoms with van der Waals surface area (Å²) in [5.41, 5.74) is 1.66. The minimum Gasteiger partial charge on any atom is -0.324 e. The zero-order chi connectivity index (χ0) is 17.7. The van der Waals surface area contributed by atoms with Gasteiger partial charge in [0.1, 0.15) is 5.82 Å². The molecule has 6 heteroatoms. The van der Waals surface area contributed by atoms with E-state index in [2.05, 4.69) is 5.32 Å². The second-order valence-corrected chi connectivity index (χ2v) is 5.82. The zero-order valence-electron chi connectivity index (χ0n) is 13.5. The SMILES string of the molecule is CC(=O)N(CCC(=O)Nc1ccccc1F)c1cc(Cl)ccc1C. The number of para-hydroxylation sites is 1. The van der Waals surface area contributed by atoms with Gasteiger partial charge in [0.05, 0.1) is 5.69 Å². The van der Waals surface area contributed by atoms with Gasteiger partial charge in [-0.2, -0.15) is 0 Å². The smallest absolute Gasteiger partial charge is 0.226 e. The highest BCUT2D eigenvalue weighted by atomic mass is 35.5. The van der Waals surface area contributed by atoms with Crippen molar-refractivity contribution >= 4 is 34.8 Å². The van der Waals surface area contributed by atoms with Crippen molar-refractivity contribution < 1.29 is 14.0 Å². The summed E-state index contributed by atoms with van der Waals surface area (Å²) in [6.45, 7) is 3.47. The molecule has 0 radical (unpaired) electrons. The fourth-order valence-corrected chi connectivity index (χ4v) is 2.48. The molecule has 0 aromatic heterocycles. The van der Waals surface area contributed by atoms with E-state index in [0.29, 0.717) is 10.7 Å². The van der Waals surface area contributed by atoms with E-state index in [-0.39, 0.29) is 30.5 Å². The molecule has 0 bridgehead atoms. The Bertz CT molecular complexity index is 764. The quantitative estimate of drug-likeness (QED) is 0.881. The molecule has 0 saturated carbocycles. The second-order valence-electron chi connectivity index (χ2n) is 5.38. The summed E-state index contributed by atoms with van der Waals surface area (Å²) in [5, 5.41) is 3.02. The van der Waals surface area contributed by atoms with Crippen molar-refractivity contribution in [2.24, 2.45) is 0 Å². The van der Waals surface area contributed by atoms with Crippen LogP contribution in [0.3, 0.4) is 0 Å². The molecule has 4 nitrogen and oxygen atoms in total. The Morgan fingerprint density at radius 3 is 2.58 bits per heavy atom. The van der Waals surface area contributed by atoms with Crippen LogP contribution in [0.5, 0.6) is 0 Å². The van der Waals surface area contributed by atoms with Crippen molar-refractivity contribution in [1.82, 2.24) is 0 Å². The van der Waals surface area contributed by atoms with E-state index in [0.717, 1.165) is 5.56 Å². The van der Waals surface area contributed by atoms with Crippen molar-refractivity contribution in [2.75, 3.05) is 16.8 Å². The average molecular weight is 349 g/mol. The van der Waals surface area contributed by atoms with Crippen LogP contribution in [-0.2, 0) is 9.59 Å². The number of hydrogen-bond donors (Lipinski definition) is 1. The van der Waals surface area contributed by atoms with Crippen LogP contribution >= 0.6 is 11.6 Å². The number of benzene rings is 2. The average Bonchev–Trinajstić information content (AvgIpc) is 2.52. The predicted molar refractivity (Wildman–Crippen MR) is 93.9 cm³/mol. The lowest BCUT2D eigenvalue weighted by Crippen LogP contribution is -2.32. The summed E-state index contributed by atoms with van der Waals surface area (Å²) in [6.07, 6.45) is 0.0415. The normalized spacial score (nSPS) is 10.3. The van der Waals surface area contributed by atoms with E-state index in [1.54, 1.807) is 24.3 Å². The number of halogens is 2. The van der Waals surface area contributed by atoms with Crippen LogP contribution in [0.4, 0.5) is 15.8 Å². The number of nitrogens with zero attached hydrogens (tertiary/aromatic N) is 1. The van der Waals surface area contributed by atoms with Crippen LogP contribution in [0.2, 0.25) is 5.02 Å². The summed E-state index contributed by atoms with van der Waals surface area (Å²) in [4.78, 5) is 25.4. The first-order valence-corrected chi connectivity index (χ1v) is 7.85. The van der Waals surface area contributed by atoms with E-state index in [9.17, 15) is 14.0 Å². The van der Waals surface area contributed by atoms with Crippen LogP contribution in [0.1, 0.15) is 18.9 Å². The molecular weight excluding hydrogens is 331 g/mol. The van der Waals surface area contributed by atoms with Crippen molar-refractivity contribution in [2.45, 2.75) is 20.3 Å². The molecule has 2 rings (SSSR count). The summed E-state index contributed by atoms with van der Waals surface area (Å²) in [6, 6.07) is 11.2. The molecule has 0 aliphatic rings. The van der Waals surface area contributed by atoms with Gasteiger partial charge in [-0.05, 0) is 36.8 Å². The minimum atomic E-state index is -0.500. The monoisotopic (exact) mass is 348 g/mol. The van der Waals surface area contributed by atoms with Crippen molar-refractivity contribution in [3.05, 3.63) is 58.9 Å². The van der Waals surface area contributed by atoms with Gasteiger partial charge in [-0.3, -0.25) is 9.59 Å². The highest BCUT2D eigenvalue weighted by Crippen LogP contribution is 2.25. The van der Waals surface area contributed by atoms with Gasteiger partial charge in [-0.15, -0.1) is 0 Å². The fraction of sp³-hybridized carbons (Fsp3) is 0.222. The Hall–Kier alpha value is -2.40. The third-order valence-corrected chi connectivity index (χ3v) is 3.79. The standard InChI is InChI=1S/C18H18ClFN2O2/c1-12-7-8-14(19)11-17(12)22(13(2)23)10-9-18(24)21-16-6-4-3-5-15(16)20/h3-8,11H,9-10H2,1-2H3,(H,21,24). The molecule has 0 atom stereocenters. The van der Waals surface area contributed by atoms with Gasteiger partial charge in [0.25, 0.3) is 0 Å². The van der Waals surface area contributed by atoms with E-state index >= 15 is 0 Å². The van der Waals surface area contributed by atoms with E-state index in [1.807, 2.05) is 13.0 Å². The Balaban J connectivity index is 2.07. The van der Waals surface area contributed by atoms with Gasteiger partial charge in [0.2, 0.25) is 11.8 Å². The van der Waals surface area contributed by atoms with E-state index in [1.165, 1.54) is 24.0 Å². The van der Waals surface area contributed by atoms with Gasteiger partial charge in [0, 0.05) is 30.6 Å². The summed E-state index contributed by atoms with van der Waals surface area (Å²) in [5.74, 6) is -1.06. The predicted octanol–water partition coefficient (Wildman–Crippen LogP) is 4.17. The molecule has 2 aromatic carbocycles. The fourth-order valence-electron chi connectivity index (χ4n) is 2.31. The number of rotatable bonds is 5. The first-order chi connectivity index (χ1) is 11.4. The molecule has 24 heavy (non-hydrogen) atoms. The molecule has 0 aliphatic carbocycles. The number of aryl methyl sites for hydroxylation is 1. The lowest BCUT2D eigenvalue weighted by molar-refractivity contribution is -0.117. The Kier molecular flexibility index (Phi) is 5.93. The Morgan fingerprint density at radius 1 is 1.21 bits per heavy atom. The maximum Gasteiger partial charge on any atom is 0.226 e. The second kappa shape index (κ2) is 7.93. The number of hydrogen-bond acceptors (Lipinski definition) is 2. The van der Waals surface area contributed by atoms with Crippen LogP contribution in [0, 0.1) is 12.7 Å². The molecule has 2 aromatic rings. The molecule has 1 N–H and O–H groups in total.